The van der Waals surface area contributed by atoms with Crippen molar-refractivity contribution in [1.82, 2.24) is 14.5 Å². The van der Waals surface area contributed by atoms with Crippen LogP contribution in [0.5, 0.6) is 0 Å². The maximum atomic E-state index is 7.12. The lowest BCUT2D eigenvalue weighted by Gasteiger charge is -2.19. The van der Waals surface area contributed by atoms with Crippen LogP contribution in [0.2, 0.25) is 5.02 Å². The molecule has 5 nitrogen and oxygen atoms in total. The van der Waals surface area contributed by atoms with E-state index in [0.717, 1.165) is 99.4 Å². The lowest BCUT2D eigenvalue weighted by molar-refractivity contribution is 0.668. The summed E-state index contributed by atoms with van der Waals surface area (Å²) in [5.74, 6) is 1.33. The lowest BCUT2D eigenvalue weighted by Crippen LogP contribution is -2.07. The van der Waals surface area contributed by atoms with Gasteiger partial charge in [-0.05, 0) is 66.7 Å². The van der Waals surface area contributed by atoms with Crippen molar-refractivity contribution in [3.05, 3.63) is 163 Å². The monoisotopic (exact) mass is 687 g/mol. The van der Waals surface area contributed by atoms with E-state index in [2.05, 4.69) is 89.5 Å². The number of para-hydroxylation sites is 4. The summed E-state index contributed by atoms with van der Waals surface area (Å²) in [5.41, 5.74) is 9.65. The number of nitrogens with zero attached hydrogens (tertiary/aromatic N) is 3. The van der Waals surface area contributed by atoms with Crippen LogP contribution in [-0.2, 0) is 0 Å². The van der Waals surface area contributed by atoms with E-state index in [9.17, 15) is 0 Å². The molecule has 0 saturated heterocycles. The zero-order chi connectivity index (χ0) is 34.3. The molecule has 0 bridgehead atoms. The van der Waals surface area contributed by atoms with Crippen molar-refractivity contribution in [3.63, 3.8) is 0 Å². The highest BCUT2D eigenvalue weighted by Gasteiger charge is 2.25. The minimum Gasteiger partial charge on any atom is -0.456 e. The van der Waals surface area contributed by atoms with Crippen LogP contribution in [0.25, 0.3) is 105 Å². The molecule has 0 aliphatic heterocycles. The average Bonchev–Trinajstić information content (AvgIpc) is 3.87. The Balaban J connectivity index is 1.30. The highest BCUT2D eigenvalue weighted by Crippen LogP contribution is 2.44. The van der Waals surface area contributed by atoms with Crippen LogP contribution < -0.4 is 0 Å². The first-order chi connectivity index (χ1) is 25.7. The van der Waals surface area contributed by atoms with Crippen LogP contribution >= 0.6 is 11.6 Å². The molecule has 244 valence electrons. The molecule has 6 heteroatoms. The molecule has 0 aliphatic rings. The van der Waals surface area contributed by atoms with Gasteiger partial charge in [-0.2, -0.15) is 0 Å². The Bertz CT molecular complexity index is 3170. The standard InChI is InChI=1S/C46H26ClN3O2/c47-36-16-6-1-15-33(36)43-44(27-21-23-41-34(25-27)31-13-4-9-19-39(31)51-41)48-45(28-22-24-42-35(26-28)32-14-5-10-20-40(32)52-42)49-46(43)50-37-17-7-2-11-29(37)30-12-3-8-18-38(30)50/h1-26H. The molecule has 52 heavy (non-hydrogen) atoms. The zero-order valence-corrected chi connectivity index (χ0v) is 28.3. The van der Waals surface area contributed by atoms with Gasteiger partial charge in [0.05, 0.1) is 22.3 Å². The molecule has 0 unspecified atom stereocenters. The first kappa shape index (κ1) is 29.1. The molecule has 11 rings (SSSR count). The second-order valence-electron chi connectivity index (χ2n) is 13.1. The van der Waals surface area contributed by atoms with Gasteiger partial charge in [-0.3, -0.25) is 4.57 Å². The summed E-state index contributed by atoms with van der Waals surface area (Å²) in [6.45, 7) is 0. The molecular weight excluding hydrogens is 662 g/mol. The molecule has 4 heterocycles. The molecule has 0 saturated carbocycles. The van der Waals surface area contributed by atoms with Crippen LogP contribution in [0, 0.1) is 0 Å². The van der Waals surface area contributed by atoms with Crippen LogP contribution in [0.1, 0.15) is 0 Å². The van der Waals surface area contributed by atoms with Gasteiger partial charge >= 0.3 is 0 Å². The molecule has 0 spiro atoms. The first-order valence-corrected chi connectivity index (χ1v) is 17.6. The van der Waals surface area contributed by atoms with Crippen molar-refractivity contribution in [2.75, 3.05) is 0 Å². The van der Waals surface area contributed by atoms with Gasteiger partial charge in [-0.15, -0.1) is 0 Å². The van der Waals surface area contributed by atoms with Gasteiger partial charge in [0.25, 0.3) is 0 Å². The number of hydrogen-bond donors (Lipinski definition) is 0. The summed E-state index contributed by atoms with van der Waals surface area (Å²) >= 11 is 7.12. The highest BCUT2D eigenvalue weighted by molar-refractivity contribution is 6.33. The Kier molecular flexibility index (Phi) is 6.24. The molecular formula is C46H26ClN3O2. The zero-order valence-electron chi connectivity index (χ0n) is 27.5. The maximum Gasteiger partial charge on any atom is 0.162 e. The third kappa shape index (κ3) is 4.30. The minimum atomic E-state index is 0.590. The van der Waals surface area contributed by atoms with Crippen molar-refractivity contribution in [2.24, 2.45) is 0 Å². The normalized spacial score (nSPS) is 11.9. The van der Waals surface area contributed by atoms with E-state index < -0.39 is 0 Å². The Morgan fingerprint density at radius 1 is 0.442 bits per heavy atom. The topological polar surface area (TPSA) is 57.0 Å². The fourth-order valence-electron chi connectivity index (χ4n) is 7.75. The third-order valence-electron chi connectivity index (χ3n) is 10.1. The van der Waals surface area contributed by atoms with E-state index in [-0.39, 0.29) is 0 Å². The Morgan fingerprint density at radius 2 is 0.942 bits per heavy atom. The van der Waals surface area contributed by atoms with Crippen LogP contribution in [0.3, 0.4) is 0 Å². The lowest BCUT2D eigenvalue weighted by atomic mass is 9.97. The van der Waals surface area contributed by atoms with Crippen LogP contribution in [0.4, 0.5) is 0 Å². The fraction of sp³-hybridized carbons (Fsp3) is 0. The first-order valence-electron chi connectivity index (χ1n) is 17.2. The number of hydrogen-bond acceptors (Lipinski definition) is 4. The average molecular weight is 688 g/mol. The largest absolute Gasteiger partial charge is 0.456 e. The van der Waals surface area contributed by atoms with E-state index in [1.54, 1.807) is 0 Å². The Labute approximate surface area is 302 Å². The van der Waals surface area contributed by atoms with Gasteiger partial charge in [0.15, 0.2) is 5.82 Å². The van der Waals surface area contributed by atoms with Gasteiger partial charge < -0.3 is 8.83 Å². The summed E-state index contributed by atoms with van der Waals surface area (Å²) in [7, 11) is 0. The van der Waals surface area contributed by atoms with Crippen molar-refractivity contribution >= 4 is 77.3 Å². The van der Waals surface area contributed by atoms with Crippen LogP contribution in [-0.4, -0.2) is 14.5 Å². The predicted octanol–water partition coefficient (Wildman–Crippen LogP) is 13.0. The molecule has 0 atom stereocenters. The maximum absolute atomic E-state index is 7.12. The Morgan fingerprint density at radius 3 is 1.58 bits per heavy atom. The van der Waals surface area contributed by atoms with Gasteiger partial charge in [-0.1, -0.05) is 103 Å². The molecule has 0 N–H and O–H groups in total. The molecule has 0 amide bonds. The molecule has 4 aromatic heterocycles. The fourth-order valence-corrected chi connectivity index (χ4v) is 7.98. The quantitative estimate of drug-likeness (QED) is 0.185. The summed E-state index contributed by atoms with van der Waals surface area (Å²) in [6, 6.07) is 53.6. The van der Waals surface area contributed by atoms with E-state index in [0.29, 0.717) is 10.8 Å². The minimum absolute atomic E-state index is 0.590. The number of benzene rings is 7. The Hall–Kier alpha value is -6.69. The van der Waals surface area contributed by atoms with Gasteiger partial charge in [0, 0.05) is 54.0 Å². The molecule has 0 fully saturated rings. The highest BCUT2D eigenvalue weighted by atomic mass is 35.5. The molecule has 7 aromatic carbocycles. The van der Waals surface area contributed by atoms with Crippen LogP contribution in [0.15, 0.2) is 167 Å². The van der Waals surface area contributed by atoms with Crippen molar-refractivity contribution in [3.8, 4) is 39.6 Å². The SMILES string of the molecule is Clc1ccccc1-c1c(-c2ccc3oc4ccccc4c3c2)nc(-c2ccc3oc4ccccc4c3c2)nc1-n1c2ccccc2c2ccccc21. The molecule has 11 aromatic rings. The van der Waals surface area contributed by atoms with Gasteiger partial charge in [-0.25, -0.2) is 9.97 Å². The summed E-state index contributed by atoms with van der Waals surface area (Å²) in [4.78, 5) is 11.0. The second-order valence-corrected chi connectivity index (χ2v) is 13.5. The smallest absolute Gasteiger partial charge is 0.162 e. The van der Waals surface area contributed by atoms with Gasteiger partial charge in [0.1, 0.15) is 28.1 Å². The summed E-state index contributed by atoms with van der Waals surface area (Å²) in [6.07, 6.45) is 0. The van der Waals surface area contributed by atoms with Crippen molar-refractivity contribution in [1.29, 1.82) is 0 Å². The third-order valence-corrected chi connectivity index (χ3v) is 10.4. The molecule has 0 aliphatic carbocycles. The predicted molar refractivity (Wildman–Crippen MR) is 212 cm³/mol. The molecule has 0 radical (unpaired) electrons. The second kappa shape index (κ2) is 11.2. The number of halogens is 1. The number of rotatable bonds is 4. The summed E-state index contributed by atoms with van der Waals surface area (Å²) < 4.78 is 14.7. The number of aromatic nitrogens is 3. The van der Waals surface area contributed by atoms with Crippen molar-refractivity contribution < 1.29 is 8.83 Å². The van der Waals surface area contributed by atoms with Crippen molar-refractivity contribution in [2.45, 2.75) is 0 Å². The van der Waals surface area contributed by atoms with E-state index >= 15 is 0 Å². The summed E-state index contributed by atoms with van der Waals surface area (Å²) in [5, 5.41) is 7.02. The van der Waals surface area contributed by atoms with Gasteiger partial charge in [0.2, 0.25) is 0 Å². The van der Waals surface area contributed by atoms with E-state index in [1.807, 2.05) is 72.8 Å². The number of furan rings is 2. The van der Waals surface area contributed by atoms with E-state index in [1.165, 1.54) is 0 Å². The number of fused-ring (bicyclic) bond motifs is 9. The van der Waals surface area contributed by atoms with E-state index in [4.69, 9.17) is 30.4 Å².